The van der Waals surface area contributed by atoms with Crippen molar-refractivity contribution in [1.29, 1.82) is 0 Å². The van der Waals surface area contributed by atoms with Crippen molar-refractivity contribution in [2.45, 2.75) is 39.3 Å². The highest BCUT2D eigenvalue weighted by molar-refractivity contribution is 5.92. The fraction of sp³-hybridized carbons (Fsp3) is 0.440. The molecule has 3 N–H and O–H groups in total. The summed E-state index contributed by atoms with van der Waals surface area (Å²) in [6, 6.07) is 16.3. The fourth-order valence-corrected chi connectivity index (χ4v) is 3.77. The van der Waals surface area contributed by atoms with E-state index in [1.807, 2.05) is 56.3 Å². The number of carbonyl (C=O) groups excluding carboxylic acids is 1. The van der Waals surface area contributed by atoms with E-state index in [2.05, 4.69) is 31.9 Å². The third kappa shape index (κ3) is 6.15. The van der Waals surface area contributed by atoms with E-state index < -0.39 is 0 Å². The third-order valence-corrected chi connectivity index (χ3v) is 5.89. The molecule has 2 atom stereocenters. The summed E-state index contributed by atoms with van der Waals surface area (Å²) in [5.74, 6) is 1.72. The number of hydrogen-bond donors (Lipinski definition) is 3. The van der Waals surface area contributed by atoms with E-state index in [-0.39, 0.29) is 11.8 Å². The summed E-state index contributed by atoms with van der Waals surface area (Å²) in [6.45, 7) is 6.43. The van der Waals surface area contributed by atoms with Crippen LogP contribution in [0.2, 0.25) is 0 Å². The highest BCUT2D eigenvalue weighted by Gasteiger charge is 2.25. The first-order valence-electron chi connectivity index (χ1n) is 11.3. The van der Waals surface area contributed by atoms with Gasteiger partial charge in [-0.25, -0.2) is 0 Å². The average Bonchev–Trinajstić information content (AvgIpc) is 3.29. The van der Waals surface area contributed by atoms with Gasteiger partial charge in [-0.1, -0.05) is 38.1 Å². The number of methoxy groups -OCH3 is 1. The second-order valence-electron chi connectivity index (χ2n) is 8.17. The Kier molecular flexibility index (Phi) is 8.36. The predicted octanol–water partition coefficient (Wildman–Crippen LogP) is 3.62. The first-order valence-corrected chi connectivity index (χ1v) is 11.3. The number of rotatable bonds is 8. The van der Waals surface area contributed by atoms with Gasteiger partial charge in [0.1, 0.15) is 5.75 Å². The lowest BCUT2D eigenvalue weighted by Gasteiger charge is -2.22. The van der Waals surface area contributed by atoms with Crippen LogP contribution in [0.4, 0.5) is 11.4 Å². The van der Waals surface area contributed by atoms with Crippen LogP contribution >= 0.6 is 0 Å². The van der Waals surface area contributed by atoms with Crippen molar-refractivity contribution in [2.75, 3.05) is 37.5 Å². The van der Waals surface area contributed by atoms with E-state index in [9.17, 15) is 4.79 Å². The molecule has 0 bridgehead atoms. The van der Waals surface area contributed by atoms with E-state index in [4.69, 9.17) is 4.74 Å². The van der Waals surface area contributed by atoms with Crippen molar-refractivity contribution in [3.05, 3.63) is 54.1 Å². The van der Waals surface area contributed by atoms with Gasteiger partial charge in [-0.2, -0.15) is 0 Å². The zero-order chi connectivity index (χ0) is 22.9. The maximum Gasteiger partial charge on any atom is 0.227 e. The van der Waals surface area contributed by atoms with Gasteiger partial charge < -0.3 is 25.6 Å². The van der Waals surface area contributed by atoms with E-state index in [0.29, 0.717) is 12.6 Å². The van der Waals surface area contributed by atoms with Gasteiger partial charge in [0.25, 0.3) is 0 Å². The van der Waals surface area contributed by atoms with Crippen molar-refractivity contribution in [3.63, 3.8) is 0 Å². The Bertz CT molecular complexity index is 930. The SMILES string of the molecule is CCC(C)C(=O)Nc1cccc(CNC(=NC)NC2CCN(c3ccccc3OC)C2)c1. The molecule has 7 heteroatoms. The predicted molar refractivity (Wildman–Crippen MR) is 131 cm³/mol. The van der Waals surface area contributed by atoms with Crippen molar-refractivity contribution in [3.8, 4) is 5.75 Å². The highest BCUT2D eigenvalue weighted by atomic mass is 16.5. The lowest BCUT2D eigenvalue weighted by atomic mass is 10.1. The molecule has 32 heavy (non-hydrogen) atoms. The smallest absolute Gasteiger partial charge is 0.227 e. The van der Waals surface area contributed by atoms with Crippen LogP contribution in [0.3, 0.4) is 0 Å². The summed E-state index contributed by atoms with van der Waals surface area (Å²) in [5.41, 5.74) is 3.02. The molecule has 1 aliphatic heterocycles. The van der Waals surface area contributed by atoms with Crippen molar-refractivity contribution >= 4 is 23.2 Å². The summed E-state index contributed by atoms with van der Waals surface area (Å²) in [6.07, 6.45) is 1.85. The third-order valence-electron chi connectivity index (χ3n) is 5.89. The zero-order valence-electron chi connectivity index (χ0n) is 19.5. The number of para-hydroxylation sites is 2. The minimum Gasteiger partial charge on any atom is -0.495 e. The Morgan fingerprint density at radius 2 is 2.06 bits per heavy atom. The van der Waals surface area contributed by atoms with Gasteiger partial charge in [0, 0.05) is 44.3 Å². The topological polar surface area (TPSA) is 78.0 Å². The maximum absolute atomic E-state index is 12.2. The summed E-state index contributed by atoms with van der Waals surface area (Å²) in [5, 5.41) is 9.91. The number of carbonyl (C=O) groups is 1. The van der Waals surface area contributed by atoms with Crippen LogP contribution < -0.4 is 25.6 Å². The molecule has 0 radical (unpaired) electrons. The van der Waals surface area contributed by atoms with Gasteiger partial charge in [-0.15, -0.1) is 0 Å². The molecule has 1 heterocycles. The summed E-state index contributed by atoms with van der Waals surface area (Å²) < 4.78 is 5.51. The number of benzene rings is 2. The van der Waals surface area contributed by atoms with Crippen LogP contribution in [-0.4, -0.2) is 45.2 Å². The van der Waals surface area contributed by atoms with Crippen LogP contribution in [0.15, 0.2) is 53.5 Å². The van der Waals surface area contributed by atoms with E-state index in [1.165, 1.54) is 0 Å². The lowest BCUT2D eigenvalue weighted by molar-refractivity contribution is -0.119. The molecule has 7 nitrogen and oxygen atoms in total. The number of aliphatic imine (C=N–C) groups is 1. The van der Waals surface area contributed by atoms with Gasteiger partial charge >= 0.3 is 0 Å². The Morgan fingerprint density at radius 3 is 2.81 bits per heavy atom. The summed E-state index contributed by atoms with van der Waals surface area (Å²) in [7, 11) is 3.49. The molecule has 1 saturated heterocycles. The van der Waals surface area contributed by atoms with Crippen molar-refractivity contribution in [1.82, 2.24) is 10.6 Å². The van der Waals surface area contributed by atoms with Gasteiger partial charge in [0.15, 0.2) is 5.96 Å². The van der Waals surface area contributed by atoms with Crippen LogP contribution in [0, 0.1) is 5.92 Å². The molecular weight excluding hydrogens is 402 g/mol. The Labute approximate surface area is 191 Å². The Balaban J connectivity index is 1.52. The number of hydrogen-bond acceptors (Lipinski definition) is 4. The molecule has 2 aromatic rings. The number of anilines is 2. The van der Waals surface area contributed by atoms with Crippen LogP contribution in [0.5, 0.6) is 5.75 Å². The van der Waals surface area contributed by atoms with Crippen molar-refractivity contribution < 1.29 is 9.53 Å². The van der Waals surface area contributed by atoms with Gasteiger partial charge in [0.2, 0.25) is 5.91 Å². The molecule has 0 spiro atoms. The minimum absolute atomic E-state index is 0.00152. The largest absolute Gasteiger partial charge is 0.495 e. The molecular formula is C25H35N5O2. The molecule has 0 aromatic heterocycles. The fourth-order valence-electron chi connectivity index (χ4n) is 3.77. The molecule has 1 amide bonds. The Morgan fingerprint density at radius 1 is 1.25 bits per heavy atom. The maximum atomic E-state index is 12.2. The molecule has 2 unspecified atom stereocenters. The number of amides is 1. The summed E-state index contributed by atoms with van der Waals surface area (Å²) >= 11 is 0. The van der Waals surface area contributed by atoms with E-state index in [1.54, 1.807) is 14.2 Å². The Hall–Kier alpha value is -3.22. The molecule has 172 valence electrons. The summed E-state index contributed by atoms with van der Waals surface area (Å²) in [4.78, 5) is 18.9. The van der Waals surface area contributed by atoms with Gasteiger partial charge in [0.05, 0.1) is 12.8 Å². The standard InChI is InChI=1S/C25H35N5O2/c1-5-18(2)24(31)28-20-10-8-9-19(15-20)16-27-25(26-3)29-21-13-14-30(17-21)22-11-6-7-12-23(22)32-4/h6-12,15,18,21H,5,13-14,16-17H2,1-4H3,(H,28,31)(H2,26,27,29). The van der Waals surface area contributed by atoms with Crippen LogP contribution in [-0.2, 0) is 11.3 Å². The molecule has 0 saturated carbocycles. The number of ether oxygens (including phenoxy) is 1. The molecule has 2 aromatic carbocycles. The molecule has 1 fully saturated rings. The van der Waals surface area contributed by atoms with E-state index >= 15 is 0 Å². The normalized spacial score (nSPS) is 17.1. The monoisotopic (exact) mass is 437 g/mol. The minimum atomic E-state index is 0.00152. The van der Waals surface area contributed by atoms with Crippen molar-refractivity contribution in [2.24, 2.45) is 10.9 Å². The van der Waals surface area contributed by atoms with Gasteiger partial charge in [-0.05, 0) is 42.7 Å². The molecule has 1 aliphatic rings. The second-order valence-corrected chi connectivity index (χ2v) is 8.17. The molecule has 3 rings (SSSR count). The second kappa shape index (κ2) is 11.4. The number of nitrogens with zero attached hydrogens (tertiary/aromatic N) is 2. The average molecular weight is 438 g/mol. The van der Waals surface area contributed by atoms with Gasteiger partial charge in [-0.3, -0.25) is 9.79 Å². The number of guanidine groups is 1. The zero-order valence-corrected chi connectivity index (χ0v) is 19.5. The highest BCUT2D eigenvalue weighted by Crippen LogP contribution is 2.30. The van der Waals surface area contributed by atoms with Crippen LogP contribution in [0.25, 0.3) is 0 Å². The lowest BCUT2D eigenvalue weighted by Crippen LogP contribution is -2.44. The van der Waals surface area contributed by atoms with E-state index in [0.717, 1.165) is 54.6 Å². The number of nitrogens with one attached hydrogen (secondary N) is 3. The van der Waals surface area contributed by atoms with Crippen LogP contribution in [0.1, 0.15) is 32.3 Å². The quantitative estimate of drug-likeness (QED) is 0.434. The molecule has 0 aliphatic carbocycles. The first-order chi connectivity index (χ1) is 15.5. The first kappa shape index (κ1) is 23.4.